The van der Waals surface area contributed by atoms with Crippen LogP contribution in [0.1, 0.15) is 13.3 Å². The first-order chi connectivity index (χ1) is 17.5. The number of hydrogen-bond donors (Lipinski definition) is 4. The zero-order chi connectivity index (χ0) is 27.8. The minimum absolute atomic E-state index is 0.0512. The third-order valence-electron chi connectivity index (χ3n) is 5.79. The first-order valence-corrected chi connectivity index (χ1v) is 11.9. The molecule has 14 nitrogen and oxygen atoms in total. The molecule has 1 amide bonds. The predicted molar refractivity (Wildman–Crippen MR) is 131 cm³/mol. The second-order valence-corrected chi connectivity index (χ2v) is 8.61. The van der Waals surface area contributed by atoms with E-state index in [1.54, 1.807) is 26.5 Å². The van der Waals surface area contributed by atoms with Crippen LogP contribution in [0.25, 0.3) is 0 Å². The molecule has 14 heteroatoms. The van der Waals surface area contributed by atoms with Gasteiger partial charge in [0.25, 0.3) is 0 Å². The van der Waals surface area contributed by atoms with Crippen molar-refractivity contribution in [3.63, 3.8) is 0 Å². The van der Waals surface area contributed by atoms with Crippen molar-refractivity contribution in [3.8, 4) is 12.3 Å². The Bertz CT molecular complexity index is 800. The molecule has 0 radical (unpaired) electrons. The van der Waals surface area contributed by atoms with Gasteiger partial charge in [0.2, 0.25) is 5.91 Å². The maximum absolute atomic E-state index is 12.7. The number of nitrogens with one attached hydrogen (secondary N) is 1. The van der Waals surface area contributed by atoms with Crippen molar-refractivity contribution >= 4 is 29.8 Å². The molecule has 0 spiro atoms. The Hall–Kier alpha value is -3.25. The summed E-state index contributed by atoms with van der Waals surface area (Å²) in [5.41, 5.74) is 0. The van der Waals surface area contributed by atoms with E-state index < -0.39 is 35.8 Å². The number of carbonyl (C=O) groups is 5. The van der Waals surface area contributed by atoms with Crippen LogP contribution in [0.3, 0.4) is 0 Å². The lowest BCUT2D eigenvalue weighted by Crippen LogP contribution is -2.53. The lowest BCUT2D eigenvalue weighted by molar-refractivity contribution is -0.144. The molecule has 0 saturated carbocycles. The Morgan fingerprint density at radius 1 is 0.811 bits per heavy atom. The first kappa shape index (κ1) is 31.8. The highest BCUT2D eigenvalue weighted by molar-refractivity contribution is 5.85. The van der Waals surface area contributed by atoms with E-state index in [4.69, 9.17) is 11.2 Å². The van der Waals surface area contributed by atoms with Crippen LogP contribution in [0.15, 0.2) is 0 Å². The lowest BCUT2D eigenvalue weighted by atomic mass is 10.2. The molecule has 1 unspecified atom stereocenters. The number of ether oxygens (including phenoxy) is 1. The molecular weight excluding hydrogens is 490 g/mol. The summed E-state index contributed by atoms with van der Waals surface area (Å²) in [5, 5.41) is 30.3. The van der Waals surface area contributed by atoms with Crippen molar-refractivity contribution in [1.82, 2.24) is 24.9 Å². The van der Waals surface area contributed by atoms with Crippen LogP contribution in [-0.4, -0.2) is 156 Å². The summed E-state index contributed by atoms with van der Waals surface area (Å²) in [6.45, 7) is 2.81. The maximum atomic E-state index is 12.7. The van der Waals surface area contributed by atoms with E-state index in [-0.39, 0.29) is 91.6 Å². The van der Waals surface area contributed by atoms with Crippen LogP contribution in [0.4, 0.5) is 0 Å². The number of terminal acetylenes is 1. The van der Waals surface area contributed by atoms with Gasteiger partial charge in [-0.05, 0) is 6.92 Å². The van der Waals surface area contributed by atoms with E-state index in [0.717, 1.165) is 0 Å². The van der Waals surface area contributed by atoms with E-state index in [0.29, 0.717) is 0 Å². The van der Waals surface area contributed by atoms with Crippen molar-refractivity contribution in [3.05, 3.63) is 0 Å². The minimum Gasteiger partial charge on any atom is -0.480 e. The van der Waals surface area contributed by atoms with Crippen molar-refractivity contribution in [2.24, 2.45) is 0 Å². The number of carboxylic acid groups (broad SMARTS) is 3. The minimum atomic E-state index is -1.04. The molecule has 0 aromatic heterocycles. The highest BCUT2D eigenvalue weighted by Crippen LogP contribution is 2.05. The van der Waals surface area contributed by atoms with Crippen molar-refractivity contribution < 1.29 is 44.0 Å². The fourth-order valence-electron chi connectivity index (χ4n) is 3.74. The van der Waals surface area contributed by atoms with Gasteiger partial charge < -0.3 is 25.4 Å². The molecule has 1 saturated heterocycles. The van der Waals surface area contributed by atoms with Gasteiger partial charge in [0.05, 0.1) is 25.7 Å². The molecule has 1 aliphatic rings. The molecule has 4 N–H and O–H groups in total. The molecule has 0 bridgehead atoms. The summed E-state index contributed by atoms with van der Waals surface area (Å²) >= 11 is 0. The van der Waals surface area contributed by atoms with Gasteiger partial charge in [0, 0.05) is 58.8 Å². The standard InChI is InChI=1S/C23H37N5O9/c1-3-4-13-37-22(35)14-24-23(36)18(2)28-11-9-26(16-20(31)32)7-5-25(15-19(29)30)6-8-27(10-12-28)17-21(33)34/h1,18H,4-17H2,2H3,(H,24,36)(H,29,30)(H,31,32)(H,33,34). The molecule has 0 aromatic rings. The second-order valence-electron chi connectivity index (χ2n) is 8.61. The highest BCUT2D eigenvalue weighted by atomic mass is 16.5. The molecule has 1 rings (SSSR count). The Labute approximate surface area is 216 Å². The summed E-state index contributed by atoms with van der Waals surface area (Å²) in [5.74, 6) is -1.84. The van der Waals surface area contributed by atoms with Crippen LogP contribution in [0, 0.1) is 12.3 Å². The van der Waals surface area contributed by atoms with Crippen LogP contribution < -0.4 is 5.32 Å². The first-order valence-electron chi connectivity index (χ1n) is 11.9. The van der Waals surface area contributed by atoms with E-state index in [1.165, 1.54) is 0 Å². The van der Waals surface area contributed by atoms with Gasteiger partial charge in [-0.15, -0.1) is 12.3 Å². The number of aliphatic carboxylic acids is 3. The predicted octanol–water partition coefficient (Wildman–Crippen LogP) is -2.47. The number of carbonyl (C=O) groups excluding carboxylic acids is 2. The summed E-state index contributed by atoms with van der Waals surface area (Å²) in [4.78, 5) is 65.3. The number of rotatable bonds is 12. The zero-order valence-electron chi connectivity index (χ0n) is 21.1. The molecule has 1 atom stereocenters. The summed E-state index contributed by atoms with van der Waals surface area (Å²) in [7, 11) is 0. The monoisotopic (exact) mass is 527 g/mol. The van der Waals surface area contributed by atoms with Crippen LogP contribution in [0.2, 0.25) is 0 Å². The lowest BCUT2D eigenvalue weighted by Gasteiger charge is -2.35. The van der Waals surface area contributed by atoms with E-state index in [1.807, 2.05) is 0 Å². The fourth-order valence-corrected chi connectivity index (χ4v) is 3.74. The quantitative estimate of drug-likeness (QED) is 0.119. The Kier molecular flexibility index (Phi) is 14.8. The molecule has 1 heterocycles. The van der Waals surface area contributed by atoms with E-state index >= 15 is 0 Å². The zero-order valence-corrected chi connectivity index (χ0v) is 21.1. The van der Waals surface area contributed by atoms with Gasteiger partial charge in [-0.25, -0.2) is 0 Å². The number of carboxylic acids is 3. The number of amides is 1. The largest absolute Gasteiger partial charge is 0.480 e. The molecule has 0 aliphatic carbocycles. The van der Waals surface area contributed by atoms with Crippen LogP contribution >= 0.6 is 0 Å². The maximum Gasteiger partial charge on any atom is 0.325 e. The summed E-state index contributed by atoms with van der Waals surface area (Å²) in [6, 6.07) is -0.705. The van der Waals surface area contributed by atoms with Gasteiger partial charge in [-0.2, -0.15) is 0 Å². The summed E-state index contributed by atoms with van der Waals surface area (Å²) in [6.07, 6.45) is 5.37. The smallest absolute Gasteiger partial charge is 0.325 e. The average molecular weight is 528 g/mol. The molecule has 0 aromatic carbocycles. The van der Waals surface area contributed by atoms with Gasteiger partial charge in [0.1, 0.15) is 13.2 Å². The topological polar surface area (TPSA) is 180 Å². The molecule has 1 fully saturated rings. The van der Waals surface area contributed by atoms with E-state index in [2.05, 4.69) is 11.2 Å². The molecule has 208 valence electrons. The Morgan fingerprint density at radius 2 is 1.22 bits per heavy atom. The highest BCUT2D eigenvalue weighted by Gasteiger charge is 2.25. The number of nitrogens with zero attached hydrogens (tertiary/aromatic N) is 4. The molecule has 37 heavy (non-hydrogen) atoms. The van der Waals surface area contributed by atoms with Crippen molar-refractivity contribution in [2.45, 2.75) is 19.4 Å². The Morgan fingerprint density at radius 3 is 1.59 bits per heavy atom. The van der Waals surface area contributed by atoms with Gasteiger partial charge in [-0.3, -0.25) is 43.6 Å². The van der Waals surface area contributed by atoms with Gasteiger partial charge in [-0.1, -0.05) is 0 Å². The third-order valence-corrected chi connectivity index (χ3v) is 5.79. The second kappa shape index (κ2) is 17.2. The Balaban J connectivity index is 2.95. The van der Waals surface area contributed by atoms with Gasteiger partial charge in [0.15, 0.2) is 0 Å². The van der Waals surface area contributed by atoms with E-state index in [9.17, 15) is 39.3 Å². The number of esters is 1. The average Bonchev–Trinajstić information content (AvgIpc) is 2.81. The fraction of sp³-hybridized carbons (Fsp3) is 0.696. The van der Waals surface area contributed by atoms with Gasteiger partial charge >= 0.3 is 23.9 Å². The summed E-state index contributed by atoms with van der Waals surface area (Å²) < 4.78 is 4.91. The van der Waals surface area contributed by atoms with Crippen LogP contribution in [-0.2, 0) is 28.7 Å². The van der Waals surface area contributed by atoms with Crippen LogP contribution in [0.5, 0.6) is 0 Å². The number of hydrogen-bond acceptors (Lipinski definition) is 10. The molecular formula is C23H37N5O9. The SMILES string of the molecule is C#CCCOC(=O)CNC(=O)C(C)N1CCN(CC(=O)O)CCN(CC(=O)O)CCN(CC(=O)O)CC1. The third kappa shape index (κ3) is 14.2. The van der Waals surface area contributed by atoms with Crippen molar-refractivity contribution in [2.75, 3.05) is 85.1 Å². The van der Waals surface area contributed by atoms with Crippen molar-refractivity contribution in [1.29, 1.82) is 0 Å². The normalized spacial score (nSPS) is 17.9. The molecule has 1 aliphatic heterocycles.